The smallest absolute Gasteiger partial charge is 0.125 e. The number of hydrogen-bond acceptors (Lipinski definition) is 3. The minimum Gasteiger partial charge on any atom is -0.383 e. The van der Waals surface area contributed by atoms with Crippen molar-refractivity contribution in [1.29, 1.82) is 0 Å². The summed E-state index contributed by atoms with van der Waals surface area (Å²) in [6, 6.07) is 11.7. The molecular weight excluding hydrogens is 329 g/mol. The highest BCUT2D eigenvalue weighted by Gasteiger charge is 2.24. The van der Waals surface area contributed by atoms with Crippen LogP contribution in [0.3, 0.4) is 0 Å². The topological polar surface area (TPSA) is 49.1 Å². The van der Waals surface area contributed by atoms with E-state index in [0.717, 1.165) is 47.2 Å². The maximum Gasteiger partial charge on any atom is 0.125 e. The Kier molecular flexibility index (Phi) is 4.76. The van der Waals surface area contributed by atoms with Gasteiger partial charge in [0, 0.05) is 30.3 Å². The fourth-order valence-corrected chi connectivity index (χ4v) is 4.01. The fourth-order valence-electron chi connectivity index (χ4n) is 4.01. The van der Waals surface area contributed by atoms with Gasteiger partial charge < -0.3 is 20.4 Å². The van der Waals surface area contributed by atoms with Crippen LogP contribution in [-0.2, 0) is 17.7 Å². The Bertz CT molecular complexity index is 934. The van der Waals surface area contributed by atoms with E-state index in [9.17, 15) is 4.39 Å². The lowest BCUT2D eigenvalue weighted by atomic mass is 9.97. The molecule has 0 amide bonds. The number of aromatic amines is 1. The lowest BCUT2D eigenvalue weighted by Crippen LogP contribution is -2.25. The molecule has 0 spiro atoms. The number of H-pyrrole nitrogens is 1. The average Bonchev–Trinajstić information content (AvgIpc) is 2.89. The molecule has 0 bridgehead atoms. The number of hydrogen-bond donors (Lipinski definition) is 3. The van der Waals surface area contributed by atoms with E-state index in [1.807, 2.05) is 7.05 Å². The van der Waals surface area contributed by atoms with Gasteiger partial charge >= 0.3 is 0 Å². The van der Waals surface area contributed by atoms with E-state index in [4.69, 9.17) is 4.74 Å². The first-order valence-electron chi connectivity index (χ1n) is 9.01. The molecular formula is C21H24FN3O. The molecule has 5 heteroatoms. The maximum atomic E-state index is 14.3. The molecule has 1 atom stereocenters. The Morgan fingerprint density at radius 1 is 1.27 bits per heavy atom. The van der Waals surface area contributed by atoms with E-state index in [-0.39, 0.29) is 11.9 Å². The zero-order valence-electron chi connectivity index (χ0n) is 15.2. The Morgan fingerprint density at radius 2 is 2.15 bits per heavy atom. The molecule has 0 fully saturated rings. The quantitative estimate of drug-likeness (QED) is 0.658. The molecule has 0 saturated heterocycles. The molecule has 3 N–H and O–H groups in total. The number of halogens is 1. The van der Waals surface area contributed by atoms with Crippen LogP contribution >= 0.6 is 0 Å². The average molecular weight is 353 g/mol. The number of aromatic nitrogens is 1. The second-order valence-corrected chi connectivity index (χ2v) is 6.84. The summed E-state index contributed by atoms with van der Waals surface area (Å²) < 4.78 is 19.6. The first kappa shape index (κ1) is 17.2. The number of methoxy groups -OCH3 is 1. The lowest BCUT2D eigenvalue weighted by Gasteiger charge is -2.17. The Balaban J connectivity index is 1.91. The molecule has 1 aromatic heterocycles. The molecule has 1 aliphatic heterocycles. The Morgan fingerprint density at radius 3 is 2.96 bits per heavy atom. The van der Waals surface area contributed by atoms with Crippen molar-refractivity contribution >= 4 is 10.9 Å². The summed E-state index contributed by atoms with van der Waals surface area (Å²) in [5.74, 6) is -0.222. The van der Waals surface area contributed by atoms with Gasteiger partial charge in [-0.05, 0) is 60.5 Å². The predicted molar refractivity (Wildman–Crippen MR) is 103 cm³/mol. The zero-order valence-corrected chi connectivity index (χ0v) is 15.2. The van der Waals surface area contributed by atoms with Gasteiger partial charge in [-0.3, -0.25) is 0 Å². The SMILES string of the molecule is CNCc1cccc(-c2[nH]c3cc(F)cc4c3c2CCNC4COC)c1. The summed E-state index contributed by atoms with van der Waals surface area (Å²) in [7, 11) is 3.62. The van der Waals surface area contributed by atoms with Gasteiger partial charge in [-0.2, -0.15) is 0 Å². The molecule has 0 radical (unpaired) electrons. The van der Waals surface area contributed by atoms with Gasteiger partial charge in [-0.1, -0.05) is 18.2 Å². The van der Waals surface area contributed by atoms with Crippen LogP contribution in [0.25, 0.3) is 22.2 Å². The molecule has 136 valence electrons. The van der Waals surface area contributed by atoms with Crippen molar-refractivity contribution in [3.05, 3.63) is 58.9 Å². The van der Waals surface area contributed by atoms with E-state index in [1.54, 1.807) is 19.2 Å². The van der Waals surface area contributed by atoms with Crippen LogP contribution in [0.4, 0.5) is 4.39 Å². The summed E-state index contributed by atoms with van der Waals surface area (Å²) >= 11 is 0. The molecule has 1 unspecified atom stereocenters. The molecule has 4 rings (SSSR count). The molecule has 0 saturated carbocycles. The molecule has 4 nitrogen and oxygen atoms in total. The third kappa shape index (κ3) is 3.03. The first-order chi connectivity index (χ1) is 12.7. The van der Waals surface area contributed by atoms with Crippen LogP contribution < -0.4 is 10.6 Å². The molecule has 26 heavy (non-hydrogen) atoms. The predicted octanol–water partition coefficient (Wildman–Crippen LogP) is 3.53. The van der Waals surface area contributed by atoms with Crippen molar-refractivity contribution in [3.8, 4) is 11.3 Å². The number of benzene rings is 2. The van der Waals surface area contributed by atoms with Crippen LogP contribution in [0.2, 0.25) is 0 Å². The minimum atomic E-state index is -0.222. The minimum absolute atomic E-state index is 0.00118. The number of nitrogens with one attached hydrogen (secondary N) is 3. The number of rotatable bonds is 5. The zero-order chi connectivity index (χ0) is 18.1. The molecule has 2 heterocycles. The third-order valence-electron chi connectivity index (χ3n) is 5.07. The molecule has 0 aliphatic carbocycles. The van der Waals surface area contributed by atoms with Crippen molar-refractivity contribution in [2.45, 2.75) is 19.0 Å². The molecule has 2 aromatic carbocycles. The Hall–Kier alpha value is -2.21. The van der Waals surface area contributed by atoms with Gasteiger partial charge in [0.05, 0.1) is 12.6 Å². The molecule has 3 aromatic rings. The van der Waals surface area contributed by atoms with Gasteiger partial charge in [0.15, 0.2) is 0 Å². The summed E-state index contributed by atoms with van der Waals surface area (Å²) in [6.07, 6.45) is 0.893. The summed E-state index contributed by atoms with van der Waals surface area (Å²) in [6.45, 7) is 2.18. The second kappa shape index (κ2) is 7.19. The monoisotopic (exact) mass is 353 g/mol. The summed E-state index contributed by atoms with van der Waals surface area (Å²) in [4.78, 5) is 3.48. The van der Waals surface area contributed by atoms with E-state index < -0.39 is 0 Å². The van der Waals surface area contributed by atoms with Crippen LogP contribution in [-0.4, -0.2) is 32.3 Å². The van der Waals surface area contributed by atoms with Crippen LogP contribution in [0, 0.1) is 5.82 Å². The van der Waals surface area contributed by atoms with Crippen molar-refractivity contribution in [2.24, 2.45) is 0 Å². The van der Waals surface area contributed by atoms with E-state index in [2.05, 4.69) is 39.9 Å². The van der Waals surface area contributed by atoms with Crippen LogP contribution in [0.15, 0.2) is 36.4 Å². The highest BCUT2D eigenvalue weighted by molar-refractivity contribution is 5.94. The van der Waals surface area contributed by atoms with Gasteiger partial charge in [0.1, 0.15) is 5.82 Å². The summed E-state index contributed by atoms with van der Waals surface area (Å²) in [5, 5.41) is 7.82. The lowest BCUT2D eigenvalue weighted by molar-refractivity contribution is 0.168. The maximum absolute atomic E-state index is 14.3. The van der Waals surface area contributed by atoms with Crippen molar-refractivity contribution in [1.82, 2.24) is 15.6 Å². The normalized spacial score (nSPS) is 16.8. The van der Waals surface area contributed by atoms with Crippen molar-refractivity contribution in [2.75, 3.05) is 27.3 Å². The van der Waals surface area contributed by atoms with E-state index in [1.165, 1.54) is 11.1 Å². The van der Waals surface area contributed by atoms with E-state index >= 15 is 0 Å². The van der Waals surface area contributed by atoms with Gasteiger partial charge in [-0.25, -0.2) is 4.39 Å². The van der Waals surface area contributed by atoms with Crippen molar-refractivity contribution in [3.63, 3.8) is 0 Å². The van der Waals surface area contributed by atoms with Crippen LogP contribution in [0.1, 0.15) is 22.7 Å². The number of ether oxygens (including phenoxy) is 1. The second-order valence-electron chi connectivity index (χ2n) is 6.84. The summed E-state index contributed by atoms with van der Waals surface area (Å²) in [5.41, 5.74) is 6.54. The largest absolute Gasteiger partial charge is 0.383 e. The van der Waals surface area contributed by atoms with E-state index in [0.29, 0.717) is 6.61 Å². The third-order valence-corrected chi connectivity index (χ3v) is 5.07. The highest BCUT2D eigenvalue weighted by atomic mass is 19.1. The van der Waals surface area contributed by atoms with Gasteiger partial charge in [0.25, 0.3) is 0 Å². The van der Waals surface area contributed by atoms with Gasteiger partial charge in [0.2, 0.25) is 0 Å². The fraction of sp³-hybridized carbons (Fsp3) is 0.333. The molecule has 1 aliphatic rings. The highest BCUT2D eigenvalue weighted by Crippen LogP contribution is 2.37. The first-order valence-corrected chi connectivity index (χ1v) is 9.01. The standard InChI is InChI=1S/C21H24FN3O/c1-23-11-13-4-3-5-14(8-13)21-16-6-7-24-19(12-26-2)17-9-15(22)10-18(25-21)20(16)17/h3-5,8-10,19,23-25H,6-7,11-12H2,1-2H3. The van der Waals surface area contributed by atoms with Crippen LogP contribution in [0.5, 0.6) is 0 Å². The van der Waals surface area contributed by atoms with Crippen molar-refractivity contribution < 1.29 is 9.13 Å². The Labute approximate surface area is 152 Å². The van der Waals surface area contributed by atoms with Gasteiger partial charge in [-0.15, -0.1) is 0 Å².